The van der Waals surface area contributed by atoms with Gasteiger partial charge in [0, 0.05) is 35.3 Å². The molecule has 1 aromatic rings. The average molecular weight is 306 g/mol. The minimum atomic E-state index is 0.142. The summed E-state index contributed by atoms with van der Waals surface area (Å²) in [5, 5.41) is 10.8. The molecule has 0 saturated carbocycles. The lowest BCUT2D eigenvalue weighted by Crippen LogP contribution is -2.35. The van der Waals surface area contributed by atoms with Crippen LogP contribution in [-0.4, -0.2) is 55.2 Å². The quantitative estimate of drug-likeness (QED) is 0.845. The molecule has 1 aliphatic rings. The predicted octanol–water partition coefficient (Wildman–Crippen LogP) is 2.26. The first-order valence-corrected chi connectivity index (χ1v) is 8.59. The summed E-state index contributed by atoms with van der Waals surface area (Å²) in [5.74, 6) is 6.92. The molecule has 4 heteroatoms. The Hall–Kier alpha value is -0.860. The summed E-state index contributed by atoms with van der Waals surface area (Å²) in [6.45, 7) is 4.82. The van der Waals surface area contributed by atoms with Crippen LogP contribution in [0.2, 0.25) is 0 Å². The van der Waals surface area contributed by atoms with Gasteiger partial charge < -0.3 is 14.9 Å². The van der Waals surface area contributed by atoms with E-state index in [1.165, 1.54) is 37.4 Å². The third kappa shape index (κ3) is 5.80. The fourth-order valence-electron chi connectivity index (χ4n) is 2.77. The Balaban J connectivity index is 1.77. The van der Waals surface area contributed by atoms with E-state index in [4.69, 9.17) is 5.11 Å². The molecule has 2 heterocycles. The summed E-state index contributed by atoms with van der Waals surface area (Å²) in [6.07, 6.45) is 3.20. The highest BCUT2D eigenvalue weighted by atomic mass is 32.1. The van der Waals surface area contributed by atoms with Gasteiger partial charge in [0.05, 0.1) is 6.61 Å². The van der Waals surface area contributed by atoms with Crippen molar-refractivity contribution >= 4 is 11.3 Å². The molecule has 21 heavy (non-hydrogen) atoms. The molecule has 1 aromatic heterocycles. The largest absolute Gasteiger partial charge is 0.395 e. The van der Waals surface area contributed by atoms with Crippen molar-refractivity contribution in [3.63, 3.8) is 0 Å². The van der Waals surface area contributed by atoms with Crippen molar-refractivity contribution in [3.8, 4) is 11.8 Å². The molecule has 1 aliphatic heterocycles. The van der Waals surface area contributed by atoms with Crippen molar-refractivity contribution in [2.45, 2.75) is 25.8 Å². The normalized spacial score (nSPS) is 17.0. The van der Waals surface area contributed by atoms with Gasteiger partial charge in [-0.3, -0.25) is 0 Å². The van der Waals surface area contributed by atoms with Crippen molar-refractivity contribution in [2.75, 3.05) is 40.3 Å². The van der Waals surface area contributed by atoms with E-state index < -0.39 is 0 Å². The van der Waals surface area contributed by atoms with Crippen LogP contribution in [0, 0.1) is 17.8 Å². The molecule has 3 nitrogen and oxygen atoms in total. The number of likely N-dealkylation sites (tertiary alicyclic amines) is 1. The van der Waals surface area contributed by atoms with E-state index >= 15 is 0 Å². The Bertz CT molecular complexity index is 480. The molecule has 0 amide bonds. The molecule has 0 aliphatic carbocycles. The molecular weight excluding hydrogens is 280 g/mol. The van der Waals surface area contributed by atoms with E-state index in [9.17, 15) is 0 Å². The van der Waals surface area contributed by atoms with Crippen LogP contribution in [0.25, 0.3) is 0 Å². The van der Waals surface area contributed by atoms with Crippen molar-refractivity contribution in [3.05, 3.63) is 21.9 Å². The van der Waals surface area contributed by atoms with Crippen LogP contribution in [0.3, 0.4) is 0 Å². The lowest BCUT2D eigenvalue weighted by molar-refractivity contribution is 0.174. The van der Waals surface area contributed by atoms with Gasteiger partial charge in [-0.05, 0) is 52.0 Å². The van der Waals surface area contributed by atoms with Crippen LogP contribution in [0.15, 0.2) is 11.4 Å². The molecule has 0 aromatic carbocycles. The number of piperidine rings is 1. The fourth-order valence-corrected chi connectivity index (χ4v) is 3.66. The lowest BCUT2D eigenvalue weighted by atomic mass is 9.97. The molecule has 1 saturated heterocycles. The summed E-state index contributed by atoms with van der Waals surface area (Å²) in [5.41, 5.74) is 1.08. The first-order valence-electron chi connectivity index (χ1n) is 7.71. The zero-order valence-electron chi connectivity index (χ0n) is 13.1. The minimum absolute atomic E-state index is 0.142. The Morgan fingerprint density at radius 3 is 2.90 bits per heavy atom. The molecule has 0 radical (unpaired) electrons. The molecule has 0 bridgehead atoms. The summed E-state index contributed by atoms with van der Waals surface area (Å²) in [7, 11) is 4.43. The second-order valence-electron chi connectivity index (χ2n) is 6.02. The van der Waals surface area contributed by atoms with Gasteiger partial charge in [-0.2, -0.15) is 0 Å². The number of rotatable bonds is 5. The third-order valence-corrected chi connectivity index (χ3v) is 4.88. The Labute approximate surface area is 132 Å². The van der Waals surface area contributed by atoms with Crippen LogP contribution >= 0.6 is 11.3 Å². The van der Waals surface area contributed by atoms with Gasteiger partial charge in [0.2, 0.25) is 0 Å². The Morgan fingerprint density at radius 1 is 1.43 bits per heavy atom. The first-order chi connectivity index (χ1) is 10.2. The van der Waals surface area contributed by atoms with E-state index in [1.807, 2.05) is 0 Å². The van der Waals surface area contributed by atoms with E-state index in [0.717, 1.165) is 18.0 Å². The zero-order chi connectivity index (χ0) is 15.1. The Kier molecular flexibility index (Phi) is 6.72. The van der Waals surface area contributed by atoms with Crippen LogP contribution in [0.1, 0.15) is 29.7 Å². The number of aliphatic hydroxyl groups is 1. The molecule has 116 valence electrons. The second kappa shape index (κ2) is 8.55. The van der Waals surface area contributed by atoms with Gasteiger partial charge in [-0.15, -0.1) is 11.3 Å². The molecule has 1 fully saturated rings. The van der Waals surface area contributed by atoms with Gasteiger partial charge >= 0.3 is 0 Å². The maximum Gasteiger partial charge on any atom is 0.0540 e. The van der Waals surface area contributed by atoms with Crippen LogP contribution in [0.4, 0.5) is 0 Å². The standard InChI is InChI=1S/C17H26N2OS/c1-18-8-6-15(7-9-18)12-19(2)13-17-11-16(14-21-17)5-3-4-10-20/h11,14-15,20H,4,6-10,12-13H2,1-2H3. The van der Waals surface area contributed by atoms with E-state index in [2.05, 4.69) is 47.2 Å². The van der Waals surface area contributed by atoms with Gasteiger partial charge in [0.1, 0.15) is 0 Å². The molecule has 2 rings (SSSR count). The highest BCUT2D eigenvalue weighted by Crippen LogP contribution is 2.20. The second-order valence-corrected chi connectivity index (χ2v) is 7.02. The summed E-state index contributed by atoms with van der Waals surface area (Å²) < 4.78 is 0. The van der Waals surface area contributed by atoms with Crippen molar-refractivity contribution < 1.29 is 5.11 Å². The van der Waals surface area contributed by atoms with Gasteiger partial charge in [-0.1, -0.05) is 11.8 Å². The maximum absolute atomic E-state index is 8.73. The third-order valence-electron chi connectivity index (χ3n) is 3.96. The molecule has 0 atom stereocenters. The molecule has 1 N–H and O–H groups in total. The Morgan fingerprint density at radius 2 is 2.19 bits per heavy atom. The highest BCUT2D eigenvalue weighted by Gasteiger charge is 2.18. The van der Waals surface area contributed by atoms with Crippen LogP contribution < -0.4 is 0 Å². The van der Waals surface area contributed by atoms with Gasteiger partial charge in [0.25, 0.3) is 0 Å². The number of thiophene rings is 1. The van der Waals surface area contributed by atoms with E-state index in [1.54, 1.807) is 11.3 Å². The number of hydrogen-bond acceptors (Lipinski definition) is 4. The SMILES string of the molecule is CN1CCC(CN(C)Cc2cc(C#CCCO)cs2)CC1. The van der Waals surface area contributed by atoms with Crippen LogP contribution in [-0.2, 0) is 6.54 Å². The molecule has 0 unspecified atom stereocenters. The monoisotopic (exact) mass is 306 g/mol. The number of nitrogens with zero attached hydrogens (tertiary/aromatic N) is 2. The van der Waals surface area contributed by atoms with E-state index in [-0.39, 0.29) is 6.61 Å². The smallest absolute Gasteiger partial charge is 0.0540 e. The average Bonchev–Trinajstić information content (AvgIpc) is 2.89. The van der Waals surface area contributed by atoms with E-state index in [0.29, 0.717) is 6.42 Å². The minimum Gasteiger partial charge on any atom is -0.395 e. The fraction of sp³-hybridized carbons (Fsp3) is 0.647. The van der Waals surface area contributed by atoms with Crippen LogP contribution in [0.5, 0.6) is 0 Å². The van der Waals surface area contributed by atoms with Crippen molar-refractivity contribution in [1.82, 2.24) is 9.80 Å². The predicted molar refractivity (Wildman–Crippen MR) is 89.5 cm³/mol. The summed E-state index contributed by atoms with van der Waals surface area (Å²) in [6, 6.07) is 2.18. The number of aliphatic hydroxyl groups excluding tert-OH is 1. The van der Waals surface area contributed by atoms with Crippen molar-refractivity contribution in [2.24, 2.45) is 5.92 Å². The first kappa shape index (κ1) is 16.5. The maximum atomic E-state index is 8.73. The number of hydrogen-bond donors (Lipinski definition) is 1. The topological polar surface area (TPSA) is 26.7 Å². The highest BCUT2D eigenvalue weighted by molar-refractivity contribution is 7.10. The lowest BCUT2D eigenvalue weighted by Gasteiger charge is -2.31. The summed E-state index contributed by atoms with van der Waals surface area (Å²) in [4.78, 5) is 6.23. The zero-order valence-corrected chi connectivity index (χ0v) is 14.0. The summed E-state index contributed by atoms with van der Waals surface area (Å²) >= 11 is 1.78. The van der Waals surface area contributed by atoms with Gasteiger partial charge in [0.15, 0.2) is 0 Å². The molecular formula is C17H26N2OS. The molecule has 0 spiro atoms. The van der Waals surface area contributed by atoms with Crippen molar-refractivity contribution in [1.29, 1.82) is 0 Å². The van der Waals surface area contributed by atoms with Gasteiger partial charge in [-0.25, -0.2) is 0 Å².